The van der Waals surface area contributed by atoms with E-state index >= 15 is 0 Å². The molecular formula is C36H28Br2N4O5. The molecule has 1 N–H and O–H groups in total. The van der Waals surface area contributed by atoms with Gasteiger partial charge in [0.2, 0.25) is 11.8 Å². The van der Waals surface area contributed by atoms with Crippen LogP contribution in [0.1, 0.15) is 24.3 Å². The molecule has 11 heteroatoms. The van der Waals surface area contributed by atoms with Crippen molar-refractivity contribution < 1.29 is 24.3 Å². The fraction of sp³-hybridized carbons (Fsp3) is 0.222. The van der Waals surface area contributed by atoms with E-state index < -0.39 is 23.7 Å². The number of fused-ring (bicyclic) bond motifs is 3. The van der Waals surface area contributed by atoms with Gasteiger partial charge >= 0.3 is 0 Å². The van der Waals surface area contributed by atoms with Crippen LogP contribution in [0, 0.1) is 17.8 Å². The van der Waals surface area contributed by atoms with Gasteiger partial charge in [0.05, 0.1) is 33.4 Å². The zero-order valence-corrected chi connectivity index (χ0v) is 28.5. The van der Waals surface area contributed by atoms with Crippen LogP contribution in [0.3, 0.4) is 0 Å². The molecule has 1 heterocycles. The van der Waals surface area contributed by atoms with E-state index in [2.05, 4.69) is 42.1 Å². The number of hydrogen-bond donors (Lipinski definition) is 1. The molecule has 0 spiro atoms. The summed E-state index contributed by atoms with van der Waals surface area (Å²) in [5.41, 5.74) is 4.57. The molecular weight excluding hydrogens is 728 g/mol. The number of anilines is 2. The maximum Gasteiger partial charge on any atom is 0.238 e. The van der Waals surface area contributed by atoms with Crippen molar-refractivity contribution in [1.82, 2.24) is 0 Å². The highest BCUT2D eigenvalue weighted by Crippen LogP contribution is 2.56. The molecule has 0 aromatic heterocycles. The molecule has 4 aliphatic rings. The summed E-state index contributed by atoms with van der Waals surface area (Å²) < 4.78 is 0.843. The van der Waals surface area contributed by atoms with Crippen LogP contribution in [-0.2, 0) is 19.2 Å². The molecule has 0 saturated carbocycles. The Balaban J connectivity index is 1.20. The van der Waals surface area contributed by atoms with Crippen LogP contribution >= 0.6 is 31.9 Å². The summed E-state index contributed by atoms with van der Waals surface area (Å²) in [6, 6.07) is 19.4. The van der Waals surface area contributed by atoms with Gasteiger partial charge < -0.3 is 10.0 Å². The van der Waals surface area contributed by atoms with Crippen molar-refractivity contribution in [2.24, 2.45) is 28.0 Å². The number of phenolic OH excluding ortho intramolecular Hbond substituents is 1. The average Bonchev–Trinajstić information content (AvgIpc) is 3.32. The van der Waals surface area contributed by atoms with Crippen molar-refractivity contribution in [1.29, 1.82) is 0 Å². The Labute approximate surface area is 287 Å². The maximum atomic E-state index is 14.2. The second-order valence-electron chi connectivity index (χ2n) is 12.2. The second kappa shape index (κ2) is 12.0. The fourth-order valence-electron chi connectivity index (χ4n) is 7.17. The van der Waals surface area contributed by atoms with E-state index in [0.29, 0.717) is 44.7 Å². The number of phenols is 1. The number of imide groups is 1. The summed E-state index contributed by atoms with van der Waals surface area (Å²) in [4.78, 5) is 58.1. The van der Waals surface area contributed by atoms with E-state index in [1.807, 2.05) is 49.3 Å². The van der Waals surface area contributed by atoms with Gasteiger partial charge in [-0.1, -0.05) is 27.6 Å². The SMILES string of the molecule is CN(C)c1ccc(N=Nc2ccc(N3C(=O)[C@H]4[C@H](CC=C5[C@H](c6cc(Br)ccc6O)C6=C(C[C@H]54)C(=O)C(Br)=CC6=O)C3=O)cc2)cc1. The number of allylic oxidation sites excluding steroid dienone is 6. The summed E-state index contributed by atoms with van der Waals surface area (Å²) in [5.74, 6) is -3.94. The lowest BCUT2D eigenvalue weighted by Crippen LogP contribution is -2.39. The first kappa shape index (κ1) is 31.1. The van der Waals surface area contributed by atoms with Gasteiger partial charge in [0.25, 0.3) is 0 Å². The average molecular weight is 756 g/mol. The molecule has 3 aliphatic carbocycles. The van der Waals surface area contributed by atoms with Gasteiger partial charge in [-0.3, -0.25) is 24.1 Å². The lowest BCUT2D eigenvalue weighted by Gasteiger charge is -2.42. The van der Waals surface area contributed by atoms with Crippen LogP contribution < -0.4 is 9.80 Å². The molecule has 0 bridgehead atoms. The maximum absolute atomic E-state index is 14.2. The number of carbonyl (C=O) groups is 4. The summed E-state index contributed by atoms with van der Waals surface area (Å²) >= 11 is 6.71. The Bertz CT molecular complexity index is 2000. The largest absolute Gasteiger partial charge is 0.508 e. The van der Waals surface area contributed by atoms with E-state index in [0.717, 1.165) is 11.3 Å². The lowest BCUT2D eigenvalue weighted by molar-refractivity contribution is -0.123. The number of carbonyl (C=O) groups excluding carboxylic acids is 4. The van der Waals surface area contributed by atoms with Crippen molar-refractivity contribution in [2.75, 3.05) is 23.9 Å². The highest BCUT2D eigenvalue weighted by molar-refractivity contribution is 9.12. The van der Waals surface area contributed by atoms with Gasteiger partial charge in [-0.15, -0.1) is 0 Å². The topological polar surface area (TPSA) is 120 Å². The fourth-order valence-corrected chi connectivity index (χ4v) is 8.00. The smallest absolute Gasteiger partial charge is 0.238 e. The summed E-state index contributed by atoms with van der Waals surface area (Å²) in [6.45, 7) is 0. The molecule has 4 atom stereocenters. The standard InChI is InChI=1S/C36H28Br2N4O5/c1-41(2)21-8-4-19(5-9-21)39-40-20-6-10-22(11-7-20)42-35(46)24-13-12-23-25(32(24)36(42)47)16-27-33(30(44)17-28(38)34(27)45)31(23)26-15-18(37)3-14-29(26)43/h3-12,14-15,17,24-25,31-32,43H,13,16H2,1-2H3/t24-,25+,31+,32-/m0/s1. The van der Waals surface area contributed by atoms with Gasteiger partial charge in [0.15, 0.2) is 11.6 Å². The molecule has 2 amide bonds. The van der Waals surface area contributed by atoms with E-state index in [4.69, 9.17) is 0 Å². The van der Waals surface area contributed by atoms with E-state index in [1.165, 1.54) is 17.0 Å². The first-order chi connectivity index (χ1) is 22.5. The number of amides is 2. The molecule has 236 valence electrons. The summed E-state index contributed by atoms with van der Waals surface area (Å²) in [7, 11) is 3.92. The minimum Gasteiger partial charge on any atom is -0.508 e. The predicted molar refractivity (Wildman–Crippen MR) is 184 cm³/mol. The molecule has 47 heavy (non-hydrogen) atoms. The number of hydrogen-bond acceptors (Lipinski definition) is 8. The Kier molecular flexibility index (Phi) is 7.92. The van der Waals surface area contributed by atoms with Crippen LogP contribution in [0.15, 0.2) is 115 Å². The molecule has 3 aromatic rings. The first-order valence-electron chi connectivity index (χ1n) is 15.1. The third kappa shape index (κ3) is 5.31. The van der Waals surface area contributed by atoms with Crippen LogP contribution in [0.25, 0.3) is 0 Å². The van der Waals surface area contributed by atoms with Crippen LogP contribution in [0.5, 0.6) is 5.75 Å². The molecule has 1 aliphatic heterocycles. The van der Waals surface area contributed by atoms with Gasteiger partial charge in [0.1, 0.15) is 5.75 Å². The molecule has 0 unspecified atom stereocenters. The highest BCUT2D eigenvalue weighted by Gasteiger charge is 2.56. The Morgan fingerprint density at radius 1 is 0.851 bits per heavy atom. The van der Waals surface area contributed by atoms with Gasteiger partial charge in [0, 0.05) is 53.0 Å². The van der Waals surface area contributed by atoms with Crippen molar-refractivity contribution in [3.8, 4) is 5.75 Å². The summed E-state index contributed by atoms with van der Waals surface area (Å²) in [6.07, 6.45) is 3.63. The first-order valence-corrected chi connectivity index (χ1v) is 16.7. The van der Waals surface area contributed by atoms with E-state index in [-0.39, 0.29) is 40.0 Å². The third-order valence-corrected chi connectivity index (χ3v) is 10.5. The second-order valence-corrected chi connectivity index (χ2v) is 14.0. The number of Topliss-reactive ketones (excluding diaryl/α,β-unsaturated/α-hetero) is 1. The van der Waals surface area contributed by atoms with Crippen molar-refractivity contribution in [3.05, 3.63) is 110 Å². The molecule has 7 rings (SSSR count). The number of nitrogens with zero attached hydrogens (tertiary/aromatic N) is 4. The number of ketones is 2. The number of rotatable bonds is 5. The zero-order chi connectivity index (χ0) is 33.1. The Morgan fingerprint density at radius 3 is 2.17 bits per heavy atom. The third-order valence-electron chi connectivity index (χ3n) is 9.39. The molecule has 0 radical (unpaired) electrons. The van der Waals surface area contributed by atoms with Gasteiger partial charge in [-0.25, -0.2) is 0 Å². The predicted octanol–water partition coefficient (Wildman–Crippen LogP) is 7.60. The van der Waals surface area contributed by atoms with Crippen molar-refractivity contribution in [3.63, 3.8) is 0 Å². The van der Waals surface area contributed by atoms with Crippen LogP contribution in [0.2, 0.25) is 0 Å². The molecule has 3 aromatic carbocycles. The Morgan fingerprint density at radius 2 is 1.51 bits per heavy atom. The monoisotopic (exact) mass is 754 g/mol. The highest BCUT2D eigenvalue weighted by atomic mass is 79.9. The summed E-state index contributed by atoms with van der Waals surface area (Å²) in [5, 5.41) is 19.6. The van der Waals surface area contributed by atoms with Gasteiger partial charge in [-0.05, 0) is 101 Å². The van der Waals surface area contributed by atoms with E-state index in [9.17, 15) is 24.3 Å². The molecule has 9 nitrogen and oxygen atoms in total. The lowest BCUT2D eigenvalue weighted by atomic mass is 9.59. The molecule has 1 saturated heterocycles. The van der Waals surface area contributed by atoms with E-state index in [1.54, 1.807) is 36.4 Å². The number of benzene rings is 3. The van der Waals surface area contributed by atoms with Crippen LogP contribution in [0.4, 0.5) is 22.7 Å². The minimum atomic E-state index is -0.740. The quantitative estimate of drug-likeness (QED) is 0.124. The molecule has 1 fully saturated rings. The van der Waals surface area contributed by atoms with Crippen molar-refractivity contribution in [2.45, 2.75) is 18.8 Å². The van der Waals surface area contributed by atoms with Crippen LogP contribution in [-0.4, -0.2) is 42.6 Å². The minimum absolute atomic E-state index is 0.0270. The Hall–Kier alpha value is -4.48. The number of azo groups is 1. The van der Waals surface area contributed by atoms with Gasteiger partial charge in [-0.2, -0.15) is 10.2 Å². The zero-order valence-electron chi connectivity index (χ0n) is 25.4. The normalized spacial score (nSPS) is 23.9. The number of aromatic hydroxyl groups is 1. The van der Waals surface area contributed by atoms with Crippen molar-refractivity contribution >= 4 is 78.0 Å². The number of halogens is 2.